The highest BCUT2D eigenvalue weighted by Crippen LogP contribution is 2.37. The van der Waals surface area contributed by atoms with Crippen LogP contribution < -0.4 is 32.7 Å². The monoisotopic (exact) mass is 876 g/mol. The average Bonchev–Trinajstić information content (AvgIpc) is 3.09. The van der Waals surface area contributed by atoms with Crippen molar-refractivity contribution < 1.29 is 68.0 Å². The number of carbonyl (C=O) groups excluding carboxylic acids is 4. The molecule has 2 heterocycles. The van der Waals surface area contributed by atoms with E-state index in [2.05, 4.69) is 21.3 Å². The summed E-state index contributed by atoms with van der Waals surface area (Å²) in [4.78, 5) is 51.7. The Kier molecular flexibility index (Phi) is 18.0. The molecule has 1 aliphatic carbocycles. The number of amides is 4. The number of hydrogen-bond acceptors (Lipinski definition) is 17. The fourth-order valence-electron chi connectivity index (χ4n) is 7.35. The molecule has 61 heavy (non-hydrogen) atoms. The first kappa shape index (κ1) is 51.8. The minimum Gasteiger partial charge on any atom is -0.492 e. The molecular formula is C40H73N7O14. The molecule has 0 aromatic heterocycles. The summed E-state index contributed by atoms with van der Waals surface area (Å²) in [5.41, 5.74) is 9.20. The summed E-state index contributed by atoms with van der Waals surface area (Å²) in [6.07, 6.45) is -8.27. The molecule has 1 saturated carbocycles. The third-order valence-electron chi connectivity index (χ3n) is 9.99. The van der Waals surface area contributed by atoms with Gasteiger partial charge in [0.1, 0.15) is 52.6 Å². The second-order valence-electron chi connectivity index (χ2n) is 19.3. The summed E-state index contributed by atoms with van der Waals surface area (Å²) >= 11 is 0. The van der Waals surface area contributed by atoms with Gasteiger partial charge in [-0.1, -0.05) is 0 Å². The first-order valence-electron chi connectivity index (χ1n) is 20.8. The van der Waals surface area contributed by atoms with Crippen molar-refractivity contribution in [3.05, 3.63) is 11.8 Å². The lowest BCUT2D eigenvalue weighted by molar-refractivity contribution is -0.305. The third-order valence-corrected chi connectivity index (χ3v) is 9.99. The fraction of sp³-hybridized carbons (Fsp3) is 0.850. The molecule has 352 valence electrons. The zero-order chi connectivity index (χ0) is 46.2. The number of carbonyl (C=O) groups is 4. The van der Waals surface area contributed by atoms with E-state index in [4.69, 9.17) is 39.9 Å². The highest BCUT2D eigenvalue weighted by Gasteiger charge is 2.55. The molecule has 4 amide bonds. The van der Waals surface area contributed by atoms with Crippen LogP contribution >= 0.6 is 0 Å². The van der Waals surface area contributed by atoms with Crippen LogP contribution in [0.15, 0.2) is 11.8 Å². The van der Waals surface area contributed by atoms with Crippen LogP contribution in [0.2, 0.25) is 0 Å². The van der Waals surface area contributed by atoms with E-state index in [9.17, 15) is 39.6 Å². The number of rotatable bonds is 14. The Hall–Kier alpha value is -3.54. The Bertz CT molecular complexity index is 1510. The van der Waals surface area contributed by atoms with E-state index in [1.807, 2.05) is 6.08 Å². The SMILES string of the molecule is CN(C(=O)OC(C)(C)C)[C@@H]1[C@@H](O)[C@@H](O[C@H]2[C@H](NC(=O)[C@H](O)CNC(=O)OC(C)(C)C)C[C@H](N)C([C@H]3OC(CNCCCNC(=O)OC(C)(C)C)=CC[C@H]3N)[C@@H]2O)OC[C@]1(C)O. The van der Waals surface area contributed by atoms with Crippen molar-refractivity contribution in [3.8, 4) is 0 Å². The summed E-state index contributed by atoms with van der Waals surface area (Å²) in [6.45, 7) is 17.0. The molecule has 2 fully saturated rings. The highest BCUT2D eigenvalue weighted by molar-refractivity contribution is 5.82. The lowest BCUT2D eigenvalue weighted by atomic mass is 9.72. The number of likely N-dealkylation sites (N-methyl/N-ethyl adjacent to an activating group) is 1. The molecule has 0 radical (unpaired) electrons. The summed E-state index contributed by atoms with van der Waals surface area (Å²) in [7, 11) is 1.35. The number of nitrogens with two attached hydrogens (primary N) is 2. The Morgan fingerprint density at radius 1 is 0.918 bits per heavy atom. The number of nitrogens with zero attached hydrogens (tertiary/aromatic N) is 1. The van der Waals surface area contributed by atoms with E-state index >= 15 is 0 Å². The lowest BCUT2D eigenvalue weighted by Crippen LogP contribution is -2.70. The minimum atomic E-state index is -1.78. The van der Waals surface area contributed by atoms with Crippen molar-refractivity contribution in [1.29, 1.82) is 0 Å². The van der Waals surface area contributed by atoms with Gasteiger partial charge in [-0.05, 0) is 101 Å². The van der Waals surface area contributed by atoms with Crippen LogP contribution in [0.3, 0.4) is 0 Å². The van der Waals surface area contributed by atoms with Crippen LogP contribution in [0.1, 0.15) is 88.5 Å². The zero-order valence-electron chi connectivity index (χ0n) is 37.6. The van der Waals surface area contributed by atoms with Gasteiger partial charge in [-0.15, -0.1) is 0 Å². The Balaban J connectivity index is 1.81. The molecule has 21 heteroatoms. The first-order valence-corrected chi connectivity index (χ1v) is 20.8. The van der Waals surface area contributed by atoms with Gasteiger partial charge in [-0.25, -0.2) is 14.4 Å². The number of aliphatic hydroxyl groups is 4. The van der Waals surface area contributed by atoms with E-state index in [1.54, 1.807) is 62.3 Å². The molecule has 3 aliphatic rings. The number of aliphatic hydroxyl groups excluding tert-OH is 3. The lowest BCUT2D eigenvalue weighted by Gasteiger charge is -2.51. The van der Waals surface area contributed by atoms with Crippen LogP contribution in [0.25, 0.3) is 0 Å². The van der Waals surface area contributed by atoms with Gasteiger partial charge in [0.25, 0.3) is 5.91 Å². The molecule has 0 bridgehead atoms. The second-order valence-corrected chi connectivity index (χ2v) is 19.3. The van der Waals surface area contributed by atoms with Gasteiger partial charge in [0.05, 0.1) is 37.9 Å². The highest BCUT2D eigenvalue weighted by atomic mass is 16.7. The smallest absolute Gasteiger partial charge is 0.410 e. The molecule has 0 spiro atoms. The van der Waals surface area contributed by atoms with Crippen molar-refractivity contribution in [3.63, 3.8) is 0 Å². The van der Waals surface area contributed by atoms with E-state index < -0.39 is 127 Å². The molecule has 12 atom stereocenters. The number of nitrogens with one attached hydrogen (secondary N) is 4. The number of alkyl carbamates (subject to hydrolysis) is 2. The van der Waals surface area contributed by atoms with E-state index in [0.29, 0.717) is 38.2 Å². The number of hydrogen-bond donors (Lipinski definition) is 10. The summed E-state index contributed by atoms with van der Waals surface area (Å²) < 4.78 is 34.4. The van der Waals surface area contributed by atoms with Gasteiger partial charge in [-0.3, -0.25) is 4.79 Å². The van der Waals surface area contributed by atoms with E-state index in [1.165, 1.54) is 14.0 Å². The molecule has 1 unspecified atom stereocenters. The summed E-state index contributed by atoms with van der Waals surface area (Å²) in [5, 5.41) is 56.9. The zero-order valence-corrected chi connectivity index (χ0v) is 37.6. The van der Waals surface area contributed by atoms with Crippen LogP contribution in [-0.4, -0.2) is 173 Å². The van der Waals surface area contributed by atoms with Gasteiger partial charge >= 0.3 is 18.3 Å². The maximum Gasteiger partial charge on any atom is 0.410 e. The topological polar surface area (TPSA) is 308 Å². The Morgan fingerprint density at radius 2 is 1.51 bits per heavy atom. The van der Waals surface area contributed by atoms with Crippen LogP contribution in [0, 0.1) is 5.92 Å². The maximum absolute atomic E-state index is 13.4. The van der Waals surface area contributed by atoms with Crippen LogP contribution in [-0.2, 0) is 33.2 Å². The van der Waals surface area contributed by atoms with E-state index in [-0.39, 0.29) is 6.42 Å². The van der Waals surface area contributed by atoms with Gasteiger partial charge in [0.15, 0.2) is 6.29 Å². The van der Waals surface area contributed by atoms with Gasteiger partial charge in [0.2, 0.25) is 0 Å². The molecule has 2 aliphatic heterocycles. The molecule has 0 aromatic rings. The molecule has 12 N–H and O–H groups in total. The maximum atomic E-state index is 13.4. The van der Waals surface area contributed by atoms with Crippen LogP contribution in [0.5, 0.6) is 0 Å². The largest absolute Gasteiger partial charge is 0.492 e. The van der Waals surface area contributed by atoms with Crippen LogP contribution in [0.4, 0.5) is 14.4 Å². The Morgan fingerprint density at radius 3 is 2.10 bits per heavy atom. The average molecular weight is 876 g/mol. The van der Waals surface area contributed by atoms with E-state index in [0.717, 1.165) is 4.90 Å². The fourth-order valence-corrected chi connectivity index (χ4v) is 7.35. The predicted octanol–water partition coefficient (Wildman–Crippen LogP) is -0.342. The van der Waals surface area contributed by atoms with Crippen molar-refractivity contribution in [2.45, 2.75) is 172 Å². The van der Waals surface area contributed by atoms with Crippen molar-refractivity contribution in [1.82, 2.24) is 26.2 Å². The predicted molar refractivity (Wildman–Crippen MR) is 221 cm³/mol. The van der Waals surface area contributed by atoms with Gasteiger partial charge in [-0.2, -0.15) is 0 Å². The van der Waals surface area contributed by atoms with Gasteiger partial charge < -0.3 is 86.5 Å². The normalized spacial score (nSPS) is 31.4. The molecule has 21 nitrogen and oxygen atoms in total. The standard InChI is InChI=1S/C40H73N7O14/c1-37(2,3)59-34(52)44-16-12-15-43-18-21-13-14-22(41)29(57-21)26-23(42)17-24(46-32(51)25(48)19-45-35(53)60-38(4,5)6)30(27(26)49)58-33-28(50)31(40(10,55)20-56-33)47(11)36(54)61-39(7,8)9/h13,22-31,33,43,48-50,55H,12,14-20,41-42H2,1-11H3,(H,44,52)(H,45,53)(H,46,51)/t22-,23+,24-,25-,26?,27+,28-,29+,30+,31-,33-,40+/m1/s1. The first-order chi connectivity index (χ1) is 28.0. The summed E-state index contributed by atoms with van der Waals surface area (Å²) in [6, 6.07) is -3.92. The van der Waals surface area contributed by atoms with Crippen molar-refractivity contribution >= 4 is 24.2 Å². The second kappa shape index (κ2) is 21.2. The van der Waals surface area contributed by atoms with Crippen molar-refractivity contribution in [2.75, 3.05) is 39.8 Å². The number of ether oxygens (including phenoxy) is 6. The summed E-state index contributed by atoms with van der Waals surface area (Å²) in [5.74, 6) is -1.30. The molecule has 3 rings (SSSR count). The molecule has 1 saturated heterocycles. The van der Waals surface area contributed by atoms with Crippen molar-refractivity contribution in [2.24, 2.45) is 17.4 Å². The quantitative estimate of drug-likeness (QED) is 0.0788. The third kappa shape index (κ3) is 16.0. The Labute approximate surface area is 358 Å². The minimum absolute atomic E-state index is 0.0410. The molecular weight excluding hydrogens is 802 g/mol. The van der Waals surface area contributed by atoms with Gasteiger partial charge in [0, 0.05) is 31.6 Å². The molecule has 0 aromatic carbocycles.